The highest BCUT2D eigenvalue weighted by Crippen LogP contribution is 1.99. The molecule has 1 unspecified atom stereocenters. The van der Waals surface area contributed by atoms with E-state index < -0.39 is 5.97 Å². The first-order valence-corrected chi connectivity index (χ1v) is 6.25. The van der Waals surface area contributed by atoms with Crippen molar-refractivity contribution in [2.75, 3.05) is 27.2 Å². The zero-order valence-electron chi connectivity index (χ0n) is 12.0. The van der Waals surface area contributed by atoms with Crippen LogP contribution >= 0.6 is 0 Å². The Balaban J connectivity index is 4.27. The van der Waals surface area contributed by atoms with Crippen LogP contribution in [0.25, 0.3) is 0 Å². The van der Waals surface area contributed by atoms with Gasteiger partial charge in [-0.15, -0.1) is 0 Å². The van der Waals surface area contributed by atoms with Crippen molar-refractivity contribution in [1.29, 1.82) is 0 Å². The predicted octanol–water partition coefficient (Wildman–Crippen LogP) is 0.359. The van der Waals surface area contributed by atoms with Crippen LogP contribution < -0.4 is 5.32 Å². The molecule has 0 aromatic heterocycles. The smallest absolute Gasteiger partial charge is 0.318 e. The molecule has 0 radical (unpaired) electrons. The molecule has 1 atom stereocenters. The SMILES string of the molecule is CCN(CC(=O)N(C)C)C(=O)NC(C)CCC(=O)O. The summed E-state index contributed by atoms with van der Waals surface area (Å²) >= 11 is 0. The van der Waals surface area contributed by atoms with E-state index in [0.29, 0.717) is 13.0 Å². The van der Waals surface area contributed by atoms with Gasteiger partial charge < -0.3 is 20.2 Å². The van der Waals surface area contributed by atoms with E-state index in [2.05, 4.69) is 5.32 Å². The number of aliphatic carboxylic acids is 1. The summed E-state index contributed by atoms with van der Waals surface area (Å²) in [4.78, 5) is 36.7. The Labute approximate surface area is 113 Å². The summed E-state index contributed by atoms with van der Waals surface area (Å²) in [7, 11) is 3.26. The number of hydrogen-bond acceptors (Lipinski definition) is 3. The maximum atomic E-state index is 11.9. The minimum atomic E-state index is -0.892. The molecule has 0 rings (SSSR count). The first-order chi connectivity index (χ1) is 8.77. The molecular formula is C12H23N3O4. The Kier molecular flexibility index (Phi) is 7.55. The second kappa shape index (κ2) is 8.34. The van der Waals surface area contributed by atoms with Gasteiger partial charge in [-0.25, -0.2) is 4.79 Å². The van der Waals surface area contributed by atoms with Crippen LogP contribution in [0.1, 0.15) is 26.7 Å². The quantitative estimate of drug-likeness (QED) is 0.700. The molecule has 110 valence electrons. The van der Waals surface area contributed by atoms with Crippen LogP contribution in [-0.2, 0) is 9.59 Å². The van der Waals surface area contributed by atoms with Gasteiger partial charge in [-0.1, -0.05) is 0 Å². The standard InChI is InChI=1S/C12H23N3O4/c1-5-15(8-10(16)14(3)4)12(19)13-9(2)6-7-11(17)18/h9H,5-8H2,1-4H3,(H,13,19)(H,17,18). The van der Waals surface area contributed by atoms with Crippen molar-refractivity contribution in [3.8, 4) is 0 Å². The summed E-state index contributed by atoms with van der Waals surface area (Å²) in [6.45, 7) is 3.95. The van der Waals surface area contributed by atoms with Gasteiger partial charge in [0.15, 0.2) is 0 Å². The topological polar surface area (TPSA) is 90.0 Å². The van der Waals surface area contributed by atoms with E-state index in [0.717, 1.165) is 0 Å². The molecule has 0 aromatic carbocycles. The first kappa shape index (κ1) is 17.2. The summed E-state index contributed by atoms with van der Waals surface area (Å²) in [5, 5.41) is 11.2. The van der Waals surface area contributed by atoms with Crippen LogP contribution in [0.5, 0.6) is 0 Å². The number of carbonyl (C=O) groups is 3. The zero-order chi connectivity index (χ0) is 15.0. The third kappa shape index (κ3) is 7.28. The molecule has 0 bridgehead atoms. The predicted molar refractivity (Wildman–Crippen MR) is 70.8 cm³/mol. The fourth-order valence-corrected chi connectivity index (χ4v) is 1.35. The number of carboxylic acid groups (broad SMARTS) is 1. The molecule has 0 saturated carbocycles. The number of rotatable bonds is 7. The molecule has 3 amide bonds. The van der Waals surface area contributed by atoms with Gasteiger partial charge in [0.2, 0.25) is 5.91 Å². The second-order valence-electron chi connectivity index (χ2n) is 4.59. The lowest BCUT2D eigenvalue weighted by Crippen LogP contribution is -2.47. The van der Waals surface area contributed by atoms with Gasteiger partial charge in [0.05, 0.1) is 0 Å². The van der Waals surface area contributed by atoms with Gasteiger partial charge >= 0.3 is 12.0 Å². The van der Waals surface area contributed by atoms with E-state index in [9.17, 15) is 14.4 Å². The minimum Gasteiger partial charge on any atom is -0.481 e. The van der Waals surface area contributed by atoms with E-state index in [1.54, 1.807) is 27.9 Å². The van der Waals surface area contributed by atoms with Gasteiger partial charge in [0.1, 0.15) is 6.54 Å². The van der Waals surface area contributed by atoms with E-state index in [1.807, 2.05) is 0 Å². The number of carboxylic acids is 1. The summed E-state index contributed by atoms with van der Waals surface area (Å²) in [5.74, 6) is -1.05. The van der Waals surface area contributed by atoms with Crippen molar-refractivity contribution in [2.24, 2.45) is 0 Å². The van der Waals surface area contributed by atoms with Crippen molar-refractivity contribution in [1.82, 2.24) is 15.1 Å². The number of urea groups is 1. The second-order valence-corrected chi connectivity index (χ2v) is 4.59. The Hall–Kier alpha value is -1.79. The van der Waals surface area contributed by atoms with Gasteiger partial charge in [-0.3, -0.25) is 9.59 Å². The van der Waals surface area contributed by atoms with Gasteiger partial charge in [0.25, 0.3) is 0 Å². The number of hydrogen-bond donors (Lipinski definition) is 2. The Morgan fingerprint density at radius 1 is 1.26 bits per heavy atom. The lowest BCUT2D eigenvalue weighted by molar-refractivity contribution is -0.137. The lowest BCUT2D eigenvalue weighted by atomic mass is 10.2. The highest BCUT2D eigenvalue weighted by Gasteiger charge is 2.18. The summed E-state index contributed by atoms with van der Waals surface area (Å²) in [5.41, 5.74) is 0. The van der Waals surface area contributed by atoms with Crippen molar-refractivity contribution in [3.63, 3.8) is 0 Å². The molecule has 0 heterocycles. The van der Waals surface area contributed by atoms with Crippen LogP contribution in [0.3, 0.4) is 0 Å². The van der Waals surface area contributed by atoms with Crippen molar-refractivity contribution >= 4 is 17.9 Å². The average molecular weight is 273 g/mol. The molecule has 7 nitrogen and oxygen atoms in total. The number of nitrogens with one attached hydrogen (secondary N) is 1. The largest absolute Gasteiger partial charge is 0.481 e. The van der Waals surface area contributed by atoms with Gasteiger partial charge in [-0.2, -0.15) is 0 Å². The Bertz CT molecular complexity index is 331. The molecule has 0 aliphatic carbocycles. The van der Waals surface area contributed by atoms with Crippen molar-refractivity contribution < 1.29 is 19.5 Å². The van der Waals surface area contributed by atoms with E-state index >= 15 is 0 Å². The molecule has 0 aliphatic rings. The minimum absolute atomic E-state index is 0.00417. The number of likely N-dealkylation sites (N-methyl/N-ethyl adjacent to an activating group) is 2. The number of nitrogens with zero attached hydrogens (tertiary/aromatic N) is 2. The summed E-state index contributed by atoms with van der Waals surface area (Å²) in [6.07, 6.45) is 0.366. The van der Waals surface area contributed by atoms with E-state index in [4.69, 9.17) is 5.11 Å². The molecule has 2 N–H and O–H groups in total. The third-order valence-corrected chi connectivity index (χ3v) is 2.65. The molecule has 0 aliphatic heterocycles. The van der Waals surface area contributed by atoms with Crippen LogP contribution in [-0.4, -0.2) is 66.0 Å². The Morgan fingerprint density at radius 2 is 1.84 bits per heavy atom. The maximum Gasteiger partial charge on any atom is 0.318 e. The van der Waals surface area contributed by atoms with Crippen LogP contribution in [0.2, 0.25) is 0 Å². The van der Waals surface area contributed by atoms with Crippen LogP contribution in [0, 0.1) is 0 Å². The third-order valence-electron chi connectivity index (χ3n) is 2.65. The molecule has 7 heteroatoms. The average Bonchev–Trinajstić information content (AvgIpc) is 2.32. The van der Waals surface area contributed by atoms with Gasteiger partial charge in [0, 0.05) is 33.1 Å². The highest BCUT2D eigenvalue weighted by molar-refractivity contribution is 5.83. The van der Waals surface area contributed by atoms with E-state index in [-0.39, 0.29) is 30.9 Å². The number of amides is 3. The van der Waals surface area contributed by atoms with Crippen LogP contribution in [0.15, 0.2) is 0 Å². The molecule has 0 saturated heterocycles. The summed E-state index contributed by atoms with van der Waals surface area (Å²) < 4.78 is 0. The molecule has 0 aromatic rings. The Morgan fingerprint density at radius 3 is 2.26 bits per heavy atom. The van der Waals surface area contributed by atoms with Crippen molar-refractivity contribution in [2.45, 2.75) is 32.7 Å². The summed E-state index contributed by atoms with van der Waals surface area (Å²) in [6, 6.07) is -0.595. The maximum absolute atomic E-state index is 11.9. The van der Waals surface area contributed by atoms with Crippen LogP contribution in [0.4, 0.5) is 4.79 Å². The molecule has 0 fully saturated rings. The van der Waals surface area contributed by atoms with E-state index in [1.165, 1.54) is 9.80 Å². The zero-order valence-corrected chi connectivity index (χ0v) is 12.0. The normalized spacial score (nSPS) is 11.6. The fourth-order valence-electron chi connectivity index (χ4n) is 1.35. The molecule has 19 heavy (non-hydrogen) atoms. The van der Waals surface area contributed by atoms with Gasteiger partial charge in [-0.05, 0) is 20.3 Å². The number of carbonyl (C=O) groups excluding carboxylic acids is 2. The highest BCUT2D eigenvalue weighted by atomic mass is 16.4. The van der Waals surface area contributed by atoms with Crippen molar-refractivity contribution in [3.05, 3.63) is 0 Å². The first-order valence-electron chi connectivity index (χ1n) is 6.25. The molecule has 0 spiro atoms. The lowest BCUT2D eigenvalue weighted by Gasteiger charge is -2.24. The molecular weight excluding hydrogens is 250 g/mol. The monoisotopic (exact) mass is 273 g/mol. The fraction of sp³-hybridized carbons (Fsp3) is 0.750.